The smallest absolute Gasteiger partial charge is 0.249 e. The summed E-state index contributed by atoms with van der Waals surface area (Å²) in [6, 6.07) is 0.794. The van der Waals surface area contributed by atoms with Crippen LogP contribution in [0.25, 0.3) is 0 Å². The summed E-state index contributed by atoms with van der Waals surface area (Å²) in [4.78, 5) is 44.8. The first-order valence-electron chi connectivity index (χ1n) is 11.7. The Morgan fingerprint density at radius 2 is 1.82 bits per heavy atom. The Morgan fingerprint density at radius 3 is 2.42 bits per heavy atom. The van der Waals surface area contributed by atoms with Gasteiger partial charge in [-0.25, -0.2) is 9.37 Å². The Kier molecular flexibility index (Phi) is 6.83. The summed E-state index contributed by atoms with van der Waals surface area (Å²) in [5, 5.41) is 5.26. The molecule has 3 aliphatic rings. The van der Waals surface area contributed by atoms with E-state index in [4.69, 9.17) is 0 Å². The highest BCUT2D eigenvalue weighted by atomic mass is 19.1. The van der Waals surface area contributed by atoms with E-state index in [1.165, 1.54) is 6.07 Å². The van der Waals surface area contributed by atoms with Crippen LogP contribution in [0.4, 0.5) is 15.9 Å². The first kappa shape index (κ1) is 23.4. The van der Waals surface area contributed by atoms with Gasteiger partial charge in [0.15, 0.2) is 11.6 Å². The maximum absolute atomic E-state index is 14.9. The monoisotopic (exact) mass is 460 g/mol. The Bertz CT molecular complexity index is 894. The van der Waals surface area contributed by atoms with Gasteiger partial charge in [0.1, 0.15) is 6.04 Å². The van der Waals surface area contributed by atoms with Crippen LogP contribution in [0.2, 0.25) is 0 Å². The van der Waals surface area contributed by atoms with Crippen LogP contribution in [0.3, 0.4) is 0 Å². The molecular formula is C23H33FN6O3. The topological polar surface area (TPSA) is 97.9 Å². The molecule has 3 amide bonds. The van der Waals surface area contributed by atoms with E-state index in [-0.39, 0.29) is 17.9 Å². The van der Waals surface area contributed by atoms with Crippen LogP contribution >= 0.6 is 0 Å². The number of hydrogen-bond donors (Lipinski definition) is 2. The second-order valence-corrected chi connectivity index (χ2v) is 9.72. The van der Waals surface area contributed by atoms with E-state index < -0.39 is 17.8 Å². The summed E-state index contributed by atoms with van der Waals surface area (Å²) >= 11 is 0. The van der Waals surface area contributed by atoms with Crippen LogP contribution in [0.15, 0.2) is 12.3 Å². The maximum Gasteiger partial charge on any atom is 0.249 e. The molecule has 2 N–H and O–H groups in total. The molecule has 180 valence electrons. The van der Waals surface area contributed by atoms with Crippen molar-refractivity contribution in [1.29, 1.82) is 0 Å². The van der Waals surface area contributed by atoms with E-state index in [0.29, 0.717) is 36.9 Å². The molecule has 1 aromatic rings. The molecule has 0 aromatic carbocycles. The van der Waals surface area contributed by atoms with Crippen molar-refractivity contribution in [2.24, 2.45) is 5.92 Å². The Morgan fingerprint density at radius 1 is 1.12 bits per heavy atom. The lowest BCUT2D eigenvalue weighted by molar-refractivity contribution is -0.133. The summed E-state index contributed by atoms with van der Waals surface area (Å²) < 4.78 is 14.9. The molecule has 3 aliphatic heterocycles. The SMILES string of the molecule is CC(C)(C1CCN(C=O)CC1)N1CCN(c2ncc(NC3CCC(=O)NC3=O)cc2F)CC1. The molecule has 10 heteroatoms. The number of imide groups is 1. The number of aromatic nitrogens is 1. The number of nitrogens with one attached hydrogen (secondary N) is 2. The van der Waals surface area contributed by atoms with Crippen LogP contribution in [0.1, 0.15) is 39.5 Å². The van der Waals surface area contributed by atoms with E-state index in [1.54, 1.807) is 6.20 Å². The fourth-order valence-corrected chi connectivity index (χ4v) is 5.24. The molecule has 0 aliphatic carbocycles. The molecule has 33 heavy (non-hydrogen) atoms. The number of pyridine rings is 1. The molecule has 3 fully saturated rings. The van der Waals surface area contributed by atoms with Crippen molar-refractivity contribution in [3.63, 3.8) is 0 Å². The van der Waals surface area contributed by atoms with Gasteiger partial charge in [-0.05, 0) is 39.0 Å². The van der Waals surface area contributed by atoms with E-state index >= 15 is 0 Å². The third-order valence-electron chi connectivity index (χ3n) is 7.47. The van der Waals surface area contributed by atoms with Crippen molar-refractivity contribution in [2.75, 3.05) is 49.5 Å². The predicted octanol–water partition coefficient (Wildman–Crippen LogP) is 1.21. The van der Waals surface area contributed by atoms with Crippen molar-refractivity contribution in [2.45, 2.75) is 51.1 Å². The molecular weight excluding hydrogens is 427 g/mol. The van der Waals surface area contributed by atoms with Gasteiger partial charge in [0, 0.05) is 57.3 Å². The number of anilines is 2. The molecule has 1 unspecified atom stereocenters. The lowest BCUT2D eigenvalue weighted by Crippen LogP contribution is -2.59. The zero-order valence-corrected chi connectivity index (χ0v) is 19.3. The summed E-state index contributed by atoms with van der Waals surface area (Å²) in [7, 11) is 0. The molecule has 4 heterocycles. The Hall–Kier alpha value is -2.75. The first-order chi connectivity index (χ1) is 15.8. The molecule has 3 saturated heterocycles. The predicted molar refractivity (Wildman–Crippen MR) is 122 cm³/mol. The van der Waals surface area contributed by atoms with Gasteiger partial charge in [-0.2, -0.15) is 0 Å². The van der Waals surface area contributed by atoms with E-state index in [9.17, 15) is 18.8 Å². The van der Waals surface area contributed by atoms with E-state index in [1.807, 2.05) is 9.80 Å². The Labute approximate surface area is 193 Å². The van der Waals surface area contributed by atoms with Gasteiger partial charge < -0.3 is 15.1 Å². The number of carbonyl (C=O) groups is 3. The Balaban J connectivity index is 1.33. The number of piperazine rings is 1. The number of piperidine rings is 2. The van der Waals surface area contributed by atoms with Gasteiger partial charge in [-0.1, -0.05) is 0 Å². The van der Waals surface area contributed by atoms with Crippen LogP contribution in [-0.4, -0.2) is 83.9 Å². The summed E-state index contributed by atoms with van der Waals surface area (Å²) in [6.45, 7) is 9.17. The van der Waals surface area contributed by atoms with Crippen molar-refractivity contribution >= 4 is 29.7 Å². The number of halogens is 1. The fourth-order valence-electron chi connectivity index (χ4n) is 5.24. The molecule has 0 radical (unpaired) electrons. The second kappa shape index (κ2) is 9.62. The van der Waals surface area contributed by atoms with Crippen molar-refractivity contribution in [3.05, 3.63) is 18.1 Å². The second-order valence-electron chi connectivity index (χ2n) is 9.72. The summed E-state index contributed by atoms with van der Waals surface area (Å²) in [5.74, 6) is -0.271. The highest BCUT2D eigenvalue weighted by Crippen LogP contribution is 2.34. The number of nitrogens with zero attached hydrogens (tertiary/aromatic N) is 4. The highest BCUT2D eigenvalue weighted by Gasteiger charge is 2.38. The van der Waals surface area contributed by atoms with Crippen LogP contribution < -0.4 is 15.5 Å². The highest BCUT2D eigenvalue weighted by molar-refractivity contribution is 6.01. The maximum atomic E-state index is 14.9. The normalized spacial score (nSPS) is 23.4. The average molecular weight is 461 g/mol. The van der Waals surface area contributed by atoms with Crippen molar-refractivity contribution < 1.29 is 18.8 Å². The van der Waals surface area contributed by atoms with Gasteiger partial charge in [-0.3, -0.25) is 24.6 Å². The summed E-state index contributed by atoms with van der Waals surface area (Å²) in [5.41, 5.74) is 0.440. The molecule has 9 nitrogen and oxygen atoms in total. The number of rotatable bonds is 6. The van der Waals surface area contributed by atoms with E-state index in [2.05, 4.69) is 34.4 Å². The molecule has 1 atom stereocenters. The molecule has 4 rings (SSSR count). The van der Waals surface area contributed by atoms with Crippen molar-refractivity contribution in [1.82, 2.24) is 20.1 Å². The largest absolute Gasteiger partial charge is 0.372 e. The zero-order chi connectivity index (χ0) is 23.6. The molecule has 0 bridgehead atoms. The quantitative estimate of drug-likeness (QED) is 0.486. The van der Waals surface area contributed by atoms with E-state index in [0.717, 1.165) is 45.4 Å². The number of amides is 3. The number of carbonyl (C=O) groups excluding carboxylic acids is 3. The van der Waals surface area contributed by atoms with Crippen LogP contribution in [-0.2, 0) is 14.4 Å². The molecule has 0 saturated carbocycles. The minimum atomic E-state index is -0.570. The minimum Gasteiger partial charge on any atom is -0.372 e. The molecule has 1 aromatic heterocycles. The average Bonchev–Trinajstić information content (AvgIpc) is 2.81. The number of likely N-dealkylation sites (tertiary alicyclic amines) is 1. The van der Waals surface area contributed by atoms with Gasteiger partial charge in [0.2, 0.25) is 18.2 Å². The van der Waals surface area contributed by atoms with Gasteiger partial charge in [0.05, 0.1) is 11.9 Å². The van der Waals surface area contributed by atoms with Crippen molar-refractivity contribution in [3.8, 4) is 0 Å². The zero-order valence-electron chi connectivity index (χ0n) is 19.3. The third-order valence-corrected chi connectivity index (χ3v) is 7.47. The molecule has 0 spiro atoms. The van der Waals surface area contributed by atoms with Gasteiger partial charge in [0.25, 0.3) is 0 Å². The minimum absolute atomic E-state index is 0.0166. The lowest BCUT2D eigenvalue weighted by atomic mass is 9.79. The third kappa shape index (κ3) is 5.10. The standard InChI is InChI=1S/C23H33FN6O3/c1-23(2,16-5-7-28(15-31)8-6-16)30-11-9-29(10-12-30)21-18(24)13-17(14-25-21)26-19-3-4-20(32)27-22(19)33/h13-16,19,26H,3-12H2,1-2H3,(H,27,32,33). The summed E-state index contributed by atoms with van der Waals surface area (Å²) in [6.07, 6.45) is 5.12. The lowest BCUT2D eigenvalue weighted by Gasteiger charge is -2.50. The van der Waals surface area contributed by atoms with Crippen LogP contribution in [0.5, 0.6) is 0 Å². The first-order valence-corrected chi connectivity index (χ1v) is 11.7. The number of hydrogen-bond acceptors (Lipinski definition) is 7. The fraction of sp³-hybridized carbons (Fsp3) is 0.652. The van der Waals surface area contributed by atoms with Gasteiger partial charge >= 0.3 is 0 Å². The van der Waals surface area contributed by atoms with Gasteiger partial charge in [-0.15, -0.1) is 0 Å². The van der Waals surface area contributed by atoms with Crippen LogP contribution in [0, 0.1) is 11.7 Å².